The Kier molecular flexibility index (Phi) is 7.11. The van der Waals surface area contributed by atoms with Gasteiger partial charge in [-0.15, -0.1) is 0 Å². The molecular formula is C19H23NO4. The third kappa shape index (κ3) is 5.93. The molecule has 2 aromatic rings. The lowest BCUT2D eigenvalue weighted by molar-refractivity contribution is 0.0716. The lowest BCUT2D eigenvalue weighted by atomic mass is 10.2. The molecule has 0 bridgehead atoms. The van der Waals surface area contributed by atoms with Crippen LogP contribution in [0.2, 0.25) is 0 Å². The van der Waals surface area contributed by atoms with Crippen molar-refractivity contribution in [3.63, 3.8) is 0 Å². The van der Waals surface area contributed by atoms with Crippen molar-refractivity contribution in [2.75, 3.05) is 19.8 Å². The number of ether oxygens (including phenoxy) is 2. The molecule has 0 radical (unpaired) electrons. The van der Waals surface area contributed by atoms with Crippen LogP contribution < -0.4 is 0 Å². The first kappa shape index (κ1) is 17.8. The van der Waals surface area contributed by atoms with Gasteiger partial charge in [-0.3, -0.25) is 0 Å². The lowest BCUT2D eigenvalue weighted by Crippen LogP contribution is -2.34. The van der Waals surface area contributed by atoms with Crippen molar-refractivity contribution in [2.24, 2.45) is 0 Å². The Balaban J connectivity index is 1.97. The second-order valence-corrected chi connectivity index (χ2v) is 5.33. The largest absolute Gasteiger partial charge is 0.508 e. The van der Waals surface area contributed by atoms with E-state index >= 15 is 0 Å². The van der Waals surface area contributed by atoms with Crippen LogP contribution in [0.15, 0.2) is 54.6 Å². The van der Waals surface area contributed by atoms with Gasteiger partial charge in [0.15, 0.2) is 0 Å². The first-order chi connectivity index (χ1) is 11.7. The van der Waals surface area contributed by atoms with Crippen molar-refractivity contribution in [3.8, 4) is 5.75 Å². The summed E-state index contributed by atoms with van der Waals surface area (Å²) < 4.78 is 10.7. The summed E-state index contributed by atoms with van der Waals surface area (Å²) in [6, 6.07) is 16.4. The molecule has 0 fully saturated rings. The minimum atomic E-state index is -0.401. The van der Waals surface area contributed by atoms with Crippen LogP contribution in [0.4, 0.5) is 4.79 Å². The molecule has 24 heavy (non-hydrogen) atoms. The van der Waals surface area contributed by atoms with E-state index in [-0.39, 0.29) is 12.4 Å². The monoisotopic (exact) mass is 329 g/mol. The predicted molar refractivity (Wildman–Crippen MR) is 91.6 cm³/mol. The zero-order valence-corrected chi connectivity index (χ0v) is 13.9. The number of nitrogens with zero attached hydrogens (tertiary/aromatic N) is 1. The molecule has 128 valence electrons. The van der Waals surface area contributed by atoms with E-state index in [1.54, 1.807) is 23.1 Å². The van der Waals surface area contributed by atoms with E-state index < -0.39 is 6.09 Å². The fourth-order valence-electron chi connectivity index (χ4n) is 2.24. The van der Waals surface area contributed by atoms with E-state index in [9.17, 15) is 9.90 Å². The highest BCUT2D eigenvalue weighted by molar-refractivity contribution is 5.67. The summed E-state index contributed by atoms with van der Waals surface area (Å²) in [6.45, 7) is 3.96. The van der Waals surface area contributed by atoms with Crippen molar-refractivity contribution in [2.45, 2.75) is 20.1 Å². The van der Waals surface area contributed by atoms with Crippen LogP contribution in [-0.2, 0) is 22.6 Å². The predicted octanol–water partition coefficient (Wildman–Crippen LogP) is 3.57. The molecule has 0 aliphatic carbocycles. The molecule has 2 rings (SSSR count). The van der Waals surface area contributed by atoms with Crippen LogP contribution in [0.1, 0.15) is 18.1 Å². The highest BCUT2D eigenvalue weighted by atomic mass is 16.6. The van der Waals surface area contributed by atoms with Crippen molar-refractivity contribution in [1.82, 2.24) is 4.90 Å². The third-order valence-corrected chi connectivity index (χ3v) is 3.46. The van der Waals surface area contributed by atoms with E-state index in [1.807, 2.05) is 43.3 Å². The number of benzene rings is 2. The summed E-state index contributed by atoms with van der Waals surface area (Å²) in [5.74, 6) is 0.176. The number of carbonyl (C=O) groups excluding carboxylic acids is 1. The summed E-state index contributed by atoms with van der Waals surface area (Å²) >= 11 is 0. The first-order valence-electron chi connectivity index (χ1n) is 8.00. The van der Waals surface area contributed by atoms with Crippen LogP contribution >= 0.6 is 0 Å². The van der Waals surface area contributed by atoms with Crippen molar-refractivity contribution in [3.05, 3.63) is 65.7 Å². The topological polar surface area (TPSA) is 59.0 Å². The first-order valence-corrected chi connectivity index (χ1v) is 8.00. The van der Waals surface area contributed by atoms with E-state index in [2.05, 4.69) is 0 Å². The van der Waals surface area contributed by atoms with Crippen molar-refractivity contribution in [1.29, 1.82) is 0 Å². The molecule has 0 aliphatic heterocycles. The molecule has 0 heterocycles. The zero-order chi connectivity index (χ0) is 17.2. The van der Waals surface area contributed by atoms with Gasteiger partial charge < -0.3 is 19.5 Å². The second kappa shape index (κ2) is 9.57. The van der Waals surface area contributed by atoms with Crippen LogP contribution in [0, 0.1) is 0 Å². The van der Waals surface area contributed by atoms with Crippen LogP contribution in [0.25, 0.3) is 0 Å². The number of hydrogen-bond acceptors (Lipinski definition) is 4. The van der Waals surface area contributed by atoms with Gasteiger partial charge in [0.25, 0.3) is 0 Å². The lowest BCUT2D eigenvalue weighted by Gasteiger charge is -2.22. The minimum Gasteiger partial charge on any atom is -0.508 e. The summed E-state index contributed by atoms with van der Waals surface area (Å²) in [6.07, 6.45) is -0.401. The van der Waals surface area contributed by atoms with Gasteiger partial charge in [0.05, 0.1) is 6.61 Å². The molecule has 0 aromatic heterocycles. The maximum absolute atomic E-state index is 12.4. The second-order valence-electron chi connectivity index (χ2n) is 5.33. The molecule has 5 nitrogen and oxygen atoms in total. The summed E-state index contributed by atoms with van der Waals surface area (Å²) in [4.78, 5) is 14.0. The molecule has 1 amide bonds. The van der Waals surface area contributed by atoms with Crippen molar-refractivity contribution >= 4 is 6.09 Å². The third-order valence-electron chi connectivity index (χ3n) is 3.46. The molecule has 2 aromatic carbocycles. The van der Waals surface area contributed by atoms with E-state index in [4.69, 9.17) is 9.47 Å². The molecule has 0 unspecified atom stereocenters. The Bertz CT molecular complexity index is 630. The highest BCUT2D eigenvalue weighted by Gasteiger charge is 2.16. The average Bonchev–Trinajstić information content (AvgIpc) is 2.60. The number of rotatable bonds is 8. The Morgan fingerprint density at radius 3 is 2.54 bits per heavy atom. The SMILES string of the molecule is CCOCCN(Cc1cccc(O)c1)C(=O)OCc1ccccc1. The molecule has 0 aliphatic rings. The molecule has 0 saturated heterocycles. The highest BCUT2D eigenvalue weighted by Crippen LogP contribution is 2.14. The van der Waals surface area contributed by atoms with Gasteiger partial charge >= 0.3 is 6.09 Å². The van der Waals surface area contributed by atoms with Gasteiger partial charge in [-0.2, -0.15) is 0 Å². The molecule has 0 atom stereocenters. The number of hydrogen-bond donors (Lipinski definition) is 1. The van der Waals surface area contributed by atoms with E-state index in [1.165, 1.54) is 0 Å². The minimum absolute atomic E-state index is 0.176. The van der Waals surface area contributed by atoms with Gasteiger partial charge in [-0.25, -0.2) is 4.79 Å². The molecule has 0 saturated carbocycles. The number of carbonyl (C=O) groups is 1. The molecule has 1 N–H and O–H groups in total. The number of amides is 1. The van der Waals surface area contributed by atoms with Crippen LogP contribution in [0.3, 0.4) is 0 Å². The number of phenolic OH excluding ortho intramolecular Hbond substituents is 1. The molecule has 5 heteroatoms. The Morgan fingerprint density at radius 2 is 1.83 bits per heavy atom. The van der Waals surface area contributed by atoms with Crippen molar-refractivity contribution < 1.29 is 19.4 Å². The van der Waals surface area contributed by atoms with E-state index in [0.717, 1.165) is 11.1 Å². The summed E-state index contributed by atoms with van der Waals surface area (Å²) in [7, 11) is 0. The summed E-state index contributed by atoms with van der Waals surface area (Å²) in [5, 5.41) is 9.57. The quantitative estimate of drug-likeness (QED) is 0.752. The molecular weight excluding hydrogens is 306 g/mol. The van der Waals surface area contributed by atoms with Gasteiger partial charge in [0, 0.05) is 19.7 Å². The number of phenols is 1. The van der Waals surface area contributed by atoms with Gasteiger partial charge in [0.2, 0.25) is 0 Å². The zero-order valence-electron chi connectivity index (χ0n) is 13.9. The summed E-state index contributed by atoms with van der Waals surface area (Å²) in [5.41, 5.74) is 1.77. The average molecular weight is 329 g/mol. The van der Waals surface area contributed by atoms with Gasteiger partial charge in [-0.05, 0) is 30.2 Å². The van der Waals surface area contributed by atoms with Gasteiger partial charge in [0.1, 0.15) is 12.4 Å². The Labute approximate surface area is 142 Å². The Morgan fingerprint density at radius 1 is 1.08 bits per heavy atom. The normalized spacial score (nSPS) is 10.4. The maximum atomic E-state index is 12.4. The number of aromatic hydroxyl groups is 1. The smallest absolute Gasteiger partial charge is 0.410 e. The van der Waals surface area contributed by atoms with Crippen LogP contribution in [0.5, 0.6) is 5.75 Å². The maximum Gasteiger partial charge on any atom is 0.410 e. The standard InChI is InChI=1S/C19H23NO4/c1-2-23-12-11-20(14-17-9-6-10-18(21)13-17)19(22)24-15-16-7-4-3-5-8-16/h3-10,13,21H,2,11-12,14-15H2,1H3. The molecule has 0 spiro atoms. The van der Waals surface area contributed by atoms with Gasteiger partial charge in [-0.1, -0.05) is 42.5 Å². The van der Waals surface area contributed by atoms with E-state index in [0.29, 0.717) is 26.3 Å². The fourth-order valence-corrected chi connectivity index (χ4v) is 2.24. The van der Waals surface area contributed by atoms with Crippen LogP contribution in [-0.4, -0.2) is 35.9 Å². The fraction of sp³-hybridized carbons (Fsp3) is 0.316. The Hall–Kier alpha value is -2.53.